The van der Waals surface area contributed by atoms with Crippen LogP contribution in [0.25, 0.3) is 0 Å². The zero-order valence-electron chi connectivity index (χ0n) is 13.3. The molecule has 2 aromatic carbocycles. The molecule has 0 radical (unpaired) electrons. The molecule has 0 bridgehead atoms. The van der Waals surface area contributed by atoms with Crippen LogP contribution in [-0.2, 0) is 14.8 Å². The first-order valence-corrected chi connectivity index (χ1v) is 9.05. The van der Waals surface area contributed by atoms with E-state index in [0.717, 1.165) is 11.1 Å². The number of nitrogens with one attached hydrogen (secondary N) is 1. The van der Waals surface area contributed by atoms with E-state index in [0.29, 0.717) is 10.6 Å². The van der Waals surface area contributed by atoms with Crippen LogP contribution in [0.15, 0.2) is 47.4 Å². The van der Waals surface area contributed by atoms with Gasteiger partial charge in [0.2, 0.25) is 10.0 Å². The van der Waals surface area contributed by atoms with Gasteiger partial charge in [-0.3, -0.25) is 0 Å². The minimum Gasteiger partial charge on any atom is -0.375 e. The van der Waals surface area contributed by atoms with Gasteiger partial charge >= 0.3 is 0 Å². The maximum atomic E-state index is 12.5. The molecular formula is C17H20ClNO3S. The van der Waals surface area contributed by atoms with Gasteiger partial charge in [0.1, 0.15) is 0 Å². The summed E-state index contributed by atoms with van der Waals surface area (Å²) >= 11 is 6.15. The van der Waals surface area contributed by atoms with Crippen molar-refractivity contribution in [2.24, 2.45) is 0 Å². The van der Waals surface area contributed by atoms with Gasteiger partial charge in [0.15, 0.2) is 0 Å². The zero-order chi connectivity index (χ0) is 17.0. The zero-order valence-corrected chi connectivity index (χ0v) is 14.9. The van der Waals surface area contributed by atoms with Crippen molar-refractivity contribution < 1.29 is 13.2 Å². The SMILES string of the molecule is CO[C@@H](CNS(=O)(=O)c1ccc(C)cc1C)c1ccccc1Cl. The van der Waals surface area contributed by atoms with Gasteiger partial charge in [-0.25, -0.2) is 13.1 Å². The molecule has 1 N–H and O–H groups in total. The number of rotatable bonds is 6. The Bertz CT molecular complexity index is 790. The average Bonchev–Trinajstić information content (AvgIpc) is 2.49. The number of methoxy groups -OCH3 is 1. The summed E-state index contributed by atoms with van der Waals surface area (Å²) in [6, 6.07) is 12.5. The van der Waals surface area contributed by atoms with E-state index in [9.17, 15) is 8.42 Å². The number of hydrogen-bond donors (Lipinski definition) is 1. The molecule has 2 rings (SSSR count). The highest BCUT2D eigenvalue weighted by atomic mass is 35.5. The molecule has 0 amide bonds. The maximum absolute atomic E-state index is 12.5. The van der Waals surface area contributed by atoms with Crippen molar-refractivity contribution in [3.05, 3.63) is 64.2 Å². The van der Waals surface area contributed by atoms with Gasteiger partial charge < -0.3 is 4.74 Å². The molecule has 1 atom stereocenters. The van der Waals surface area contributed by atoms with Gasteiger partial charge in [-0.2, -0.15) is 0 Å². The third kappa shape index (κ3) is 4.32. The number of sulfonamides is 1. The molecule has 0 spiro atoms. The van der Waals surface area contributed by atoms with E-state index in [2.05, 4.69) is 4.72 Å². The quantitative estimate of drug-likeness (QED) is 0.862. The molecule has 6 heteroatoms. The standard InChI is InChI=1S/C17H20ClNO3S/c1-12-8-9-17(13(2)10-12)23(20,21)19-11-16(22-3)14-6-4-5-7-15(14)18/h4-10,16,19H,11H2,1-3H3/t16-/m0/s1. The Labute approximate surface area is 142 Å². The van der Waals surface area contributed by atoms with E-state index in [1.165, 1.54) is 7.11 Å². The van der Waals surface area contributed by atoms with Crippen LogP contribution in [0.1, 0.15) is 22.8 Å². The van der Waals surface area contributed by atoms with Gasteiger partial charge in [-0.15, -0.1) is 0 Å². The van der Waals surface area contributed by atoms with Crippen LogP contribution in [-0.4, -0.2) is 22.1 Å². The molecule has 23 heavy (non-hydrogen) atoms. The van der Waals surface area contributed by atoms with E-state index < -0.39 is 16.1 Å². The fraction of sp³-hybridized carbons (Fsp3) is 0.294. The van der Waals surface area contributed by atoms with Gasteiger partial charge in [0.05, 0.1) is 11.0 Å². The van der Waals surface area contributed by atoms with Crippen LogP contribution in [0.3, 0.4) is 0 Å². The molecule has 0 saturated carbocycles. The van der Waals surface area contributed by atoms with Crippen molar-refractivity contribution in [2.45, 2.75) is 24.8 Å². The summed E-state index contributed by atoms with van der Waals surface area (Å²) in [6.07, 6.45) is -0.454. The number of hydrogen-bond acceptors (Lipinski definition) is 3. The van der Waals surface area contributed by atoms with Crippen LogP contribution in [0.5, 0.6) is 0 Å². The summed E-state index contributed by atoms with van der Waals surface area (Å²) in [7, 11) is -2.08. The molecule has 0 unspecified atom stereocenters. The Morgan fingerprint density at radius 2 is 1.87 bits per heavy atom. The number of aryl methyl sites for hydroxylation is 2. The summed E-state index contributed by atoms with van der Waals surface area (Å²) in [5, 5.41) is 0.546. The van der Waals surface area contributed by atoms with E-state index in [4.69, 9.17) is 16.3 Å². The second-order valence-corrected chi connectivity index (χ2v) is 7.51. The largest absolute Gasteiger partial charge is 0.375 e. The van der Waals surface area contributed by atoms with Crippen LogP contribution < -0.4 is 4.72 Å². The highest BCUT2D eigenvalue weighted by molar-refractivity contribution is 7.89. The molecule has 0 fully saturated rings. The minimum absolute atomic E-state index is 0.107. The maximum Gasteiger partial charge on any atom is 0.240 e. The van der Waals surface area contributed by atoms with Crippen LogP contribution in [0, 0.1) is 13.8 Å². The molecule has 0 aromatic heterocycles. The summed E-state index contributed by atoms with van der Waals surface area (Å²) in [6.45, 7) is 3.81. The van der Waals surface area contributed by atoms with Crippen molar-refractivity contribution >= 4 is 21.6 Å². The van der Waals surface area contributed by atoms with E-state index in [-0.39, 0.29) is 11.4 Å². The topological polar surface area (TPSA) is 55.4 Å². The Kier molecular flexibility index (Phi) is 5.81. The fourth-order valence-corrected chi connectivity index (χ4v) is 3.93. The predicted octanol–water partition coefficient (Wildman–Crippen LogP) is 3.62. The number of benzene rings is 2. The normalized spacial score (nSPS) is 13.0. The van der Waals surface area contributed by atoms with Crippen LogP contribution >= 0.6 is 11.6 Å². The minimum atomic E-state index is -3.61. The second-order valence-electron chi connectivity index (χ2n) is 5.37. The van der Waals surface area contributed by atoms with Crippen LogP contribution in [0.2, 0.25) is 5.02 Å². The first kappa shape index (κ1) is 17.9. The Morgan fingerprint density at radius 3 is 2.48 bits per heavy atom. The lowest BCUT2D eigenvalue weighted by molar-refractivity contribution is 0.107. The smallest absolute Gasteiger partial charge is 0.240 e. The third-order valence-corrected chi connectivity index (χ3v) is 5.54. The first-order chi connectivity index (χ1) is 10.8. The fourth-order valence-electron chi connectivity index (χ4n) is 2.42. The lowest BCUT2D eigenvalue weighted by atomic mass is 10.1. The number of ether oxygens (including phenoxy) is 1. The van der Waals surface area contributed by atoms with Crippen molar-refractivity contribution in [2.75, 3.05) is 13.7 Å². The molecule has 0 aliphatic carbocycles. The van der Waals surface area contributed by atoms with Gasteiger partial charge in [-0.1, -0.05) is 47.5 Å². The number of halogens is 1. The average molecular weight is 354 g/mol. The summed E-state index contributed by atoms with van der Waals surface area (Å²) in [4.78, 5) is 0.275. The van der Waals surface area contributed by atoms with Crippen LogP contribution in [0.4, 0.5) is 0 Å². The van der Waals surface area contributed by atoms with Crippen molar-refractivity contribution in [3.63, 3.8) is 0 Å². The second kappa shape index (κ2) is 7.45. The van der Waals surface area contributed by atoms with E-state index >= 15 is 0 Å². The summed E-state index contributed by atoms with van der Waals surface area (Å²) in [5.41, 5.74) is 2.48. The molecule has 0 aliphatic heterocycles. The first-order valence-electron chi connectivity index (χ1n) is 7.19. The summed E-state index contributed by atoms with van der Waals surface area (Å²) in [5.74, 6) is 0. The monoisotopic (exact) mass is 353 g/mol. The lowest BCUT2D eigenvalue weighted by Gasteiger charge is -2.18. The molecular weight excluding hydrogens is 334 g/mol. The molecule has 4 nitrogen and oxygen atoms in total. The van der Waals surface area contributed by atoms with E-state index in [1.807, 2.05) is 31.2 Å². The predicted molar refractivity (Wildman–Crippen MR) is 92.3 cm³/mol. The van der Waals surface area contributed by atoms with Crippen molar-refractivity contribution in [3.8, 4) is 0 Å². The summed E-state index contributed by atoms with van der Waals surface area (Å²) < 4.78 is 33.0. The Hall–Kier alpha value is -1.40. The van der Waals surface area contributed by atoms with Crippen molar-refractivity contribution in [1.29, 1.82) is 0 Å². The highest BCUT2D eigenvalue weighted by Gasteiger charge is 2.20. The molecule has 2 aromatic rings. The Balaban J connectivity index is 2.19. The third-order valence-electron chi connectivity index (χ3n) is 3.62. The molecule has 0 heterocycles. The highest BCUT2D eigenvalue weighted by Crippen LogP contribution is 2.25. The van der Waals surface area contributed by atoms with Gasteiger partial charge in [0, 0.05) is 24.2 Å². The molecule has 0 aliphatic rings. The Morgan fingerprint density at radius 1 is 1.17 bits per heavy atom. The van der Waals surface area contributed by atoms with Gasteiger partial charge in [0.25, 0.3) is 0 Å². The molecule has 124 valence electrons. The van der Waals surface area contributed by atoms with E-state index in [1.54, 1.807) is 25.1 Å². The molecule has 0 saturated heterocycles. The van der Waals surface area contributed by atoms with Gasteiger partial charge in [-0.05, 0) is 31.5 Å². The lowest BCUT2D eigenvalue weighted by Crippen LogP contribution is -2.30. The van der Waals surface area contributed by atoms with Crippen molar-refractivity contribution in [1.82, 2.24) is 4.72 Å².